The summed E-state index contributed by atoms with van der Waals surface area (Å²) in [4.78, 5) is 18.6. The van der Waals surface area contributed by atoms with Crippen molar-refractivity contribution in [3.8, 4) is 23.0 Å². The normalized spacial score (nSPS) is 17.8. The van der Waals surface area contributed by atoms with Gasteiger partial charge in [0.25, 0.3) is 5.92 Å². The number of pyridine rings is 1. The summed E-state index contributed by atoms with van der Waals surface area (Å²) in [6.45, 7) is 0.897. The second-order valence-corrected chi connectivity index (χ2v) is 16.3. The number of hydrogen-bond donors (Lipinski definition) is 2. The van der Waals surface area contributed by atoms with E-state index in [1.165, 1.54) is 36.0 Å². The first-order valence-electron chi connectivity index (χ1n) is 17.4. The number of alkyl halides is 8. The Morgan fingerprint density at radius 1 is 1.03 bits per heavy atom. The van der Waals surface area contributed by atoms with Gasteiger partial charge in [0.2, 0.25) is 5.91 Å². The van der Waals surface area contributed by atoms with Crippen molar-refractivity contribution in [1.29, 1.82) is 0 Å². The van der Waals surface area contributed by atoms with Gasteiger partial charge in [0, 0.05) is 28.7 Å². The molecule has 3 N–H and O–H groups in total. The van der Waals surface area contributed by atoms with E-state index >= 15 is 8.78 Å². The lowest BCUT2D eigenvalue weighted by atomic mass is 9.93. The van der Waals surface area contributed by atoms with Gasteiger partial charge in [-0.25, -0.2) is 13.8 Å². The molecule has 0 aliphatic heterocycles. The topological polar surface area (TPSA) is 104 Å². The lowest BCUT2D eigenvalue weighted by Crippen LogP contribution is -2.35. The van der Waals surface area contributed by atoms with E-state index < -0.39 is 94.9 Å². The van der Waals surface area contributed by atoms with E-state index in [1.807, 2.05) is 20.1 Å². The van der Waals surface area contributed by atoms with Crippen LogP contribution in [0, 0.1) is 29.4 Å². The van der Waals surface area contributed by atoms with Crippen LogP contribution in [0.3, 0.4) is 0 Å². The molecular weight excluding hydrogens is 828 g/mol. The number of carbonyl (C=O) groups excluding carboxylic acids is 1. The Labute approximate surface area is 332 Å². The van der Waals surface area contributed by atoms with Gasteiger partial charge in [-0.2, -0.15) is 45.3 Å². The molecule has 1 amide bonds. The maximum absolute atomic E-state index is 15.4. The Bertz CT molecular complexity index is 2520. The Morgan fingerprint density at radius 3 is 2.34 bits per heavy atom. The van der Waals surface area contributed by atoms with E-state index in [0.717, 1.165) is 12.1 Å². The Kier molecular flexibility index (Phi) is 10.2. The Balaban J connectivity index is 1.40. The summed E-state index contributed by atoms with van der Waals surface area (Å²) in [7, 11) is 0. The molecule has 2 aliphatic carbocycles. The van der Waals surface area contributed by atoms with E-state index in [-0.39, 0.29) is 56.2 Å². The molecule has 7 rings (SSSR count). The number of benzene rings is 2. The zero-order valence-corrected chi connectivity index (χ0v) is 32.0. The molecule has 2 aliphatic rings. The van der Waals surface area contributed by atoms with Gasteiger partial charge in [0.1, 0.15) is 36.1 Å². The van der Waals surface area contributed by atoms with Crippen LogP contribution in [0.2, 0.25) is 5.02 Å². The highest BCUT2D eigenvalue weighted by atomic mass is 35.5. The number of halogens is 11. The van der Waals surface area contributed by atoms with Crippen LogP contribution in [0.25, 0.3) is 22.0 Å². The number of hydrogen-bond acceptors (Lipinski definition) is 6. The van der Waals surface area contributed by atoms with Crippen molar-refractivity contribution in [2.75, 3.05) is 12.0 Å². The number of anilines is 1. The van der Waals surface area contributed by atoms with E-state index in [4.69, 9.17) is 17.3 Å². The smallest absolute Gasteiger partial charge is 0.382 e. The summed E-state index contributed by atoms with van der Waals surface area (Å²) in [5.41, 5.74) is 2.55. The molecule has 3 unspecified atom stereocenters. The van der Waals surface area contributed by atoms with Crippen molar-refractivity contribution >= 4 is 46.0 Å². The van der Waals surface area contributed by atoms with Gasteiger partial charge in [0.05, 0.1) is 32.4 Å². The summed E-state index contributed by atoms with van der Waals surface area (Å²) in [6, 6.07) is 6.53. The molecule has 8 nitrogen and oxygen atoms in total. The standard InChI is InChI=1S/C38H30ClF10N7OS/c1-35(2,58-3)9-8-20-4-5-21(22-6-7-25(39)29-31(22)56(54-34(29)50)16-36(42,43)44)30(51-20)26(12-17-10-18(40)13-19(41)11-17)52-27(57)15-55-33-28(32(53-55)38(47,48)49)23-14-24(23)37(33,45)46/h4-7,10-11,13,23-24,26H,12,14-16H2,1-3H3,(H2,50,54)(H,52,57). The van der Waals surface area contributed by atoms with Gasteiger partial charge in [-0.05, 0) is 80.7 Å². The van der Waals surface area contributed by atoms with E-state index in [9.17, 15) is 39.9 Å². The van der Waals surface area contributed by atoms with Crippen molar-refractivity contribution in [3.63, 3.8) is 0 Å². The molecule has 3 aromatic heterocycles. The van der Waals surface area contributed by atoms with Crippen LogP contribution < -0.4 is 11.1 Å². The molecule has 2 aromatic carbocycles. The fourth-order valence-corrected chi connectivity index (χ4v) is 7.67. The van der Waals surface area contributed by atoms with Crippen molar-refractivity contribution in [2.45, 2.75) is 74.8 Å². The van der Waals surface area contributed by atoms with E-state index in [1.54, 1.807) is 0 Å². The number of carbonyl (C=O) groups is 1. The Morgan fingerprint density at radius 2 is 1.71 bits per heavy atom. The number of fused-ring (bicyclic) bond motifs is 4. The lowest BCUT2D eigenvalue weighted by Gasteiger charge is -2.23. The minimum Gasteiger partial charge on any atom is -0.382 e. The average molecular weight is 858 g/mol. The molecule has 3 atom stereocenters. The molecule has 58 heavy (non-hydrogen) atoms. The van der Waals surface area contributed by atoms with Gasteiger partial charge in [0.15, 0.2) is 11.5 Å². The maximum atomic E-state index is 15.4. The highest BCUT2D eigenvalue weighted by Gasteiger charge is 2.68. The maximum Gasteiger partial charge on any atom is 0.435 e. The number of nitrogens with one attached hydrogen (secondary N) is 1. The number of aromatic nitrogens is 5. The van der Waals surface area contributed by atoms with Crippen molar-refractivity contribution < 1.29 is 48.7 Å². The third-order valence-electron chi connectivity index (χ3n) is 9.94. The summed E-state index contributed by atoms with van der Waals surface area (Å²) in [5, 5.41) is 9.73. The quantitative estimate of drug-likeness (QED) is 0.113. The third-order valence-corrected chi connectivity index (χ3v) is 11.4. The van der Waals surface area contributed by atoms with Crippen LogP contribution in [-0.2, 0) is 36.4 Å². The minimum absolute atomic E-state index is 0.0163. The number of amides is 1. The molecule has 0 saturated heterocycles. The van der Waals surface area contributed by atoms with E-state index in [0.29, 0.717) is 15.4 Å². The minimum atomic E-state index is -5.11. The summed E-state index contributed by atoms with van der Waals surface area (Å²) in [5.74, 6) is -3.76. The molecule has 20 heteroatoms. The SMILES string of the molecule is CSC(C)(C)C#Cc1ccc(-c2ccc(Cl)c3c(N)nn(CC(F)(F)F)c23)c(C(Cc2cc(F)cc(F)c2)NC(=O)Cn2nc(C(F)(F)F)c3c2C(F)(F)C2CC32)n1. The predicted octanol–water partition coefficient (Wildman–Crippen LogP) is 9.19. The number of nitrogens with two attached hydrogens (primary N) is 1. The number of thioether (sulfide) groups is 1. The fourth-order valence-electron chi connectivity index (χ4n) is 7.26. The van der Waals surface area contributed by atoms with Crippen molar-refractivity contribution in [1.82, 2.24) is 29.9 Å². The van der Waals surface area contributed by atoms with Crippen LogP contribution in [0.1, 0.15) is 66.1 Å². The number of nitrogen functional groups attached to an aromatic ring is 1. The molecule has 306 valence electrons. The van der Waals surface area contributed by atoms with Gasteiger partial charge in [-0.15, -0.1) is 11.8 Å². The second-order valence-electron chi connectivity index (χ2n) is 14.5. The third kappa shape index (κ3) is 7.92. The first-order valence-corrected chi connectivity index (χ1v) is 19.0. The molecule has 5 aromatic rings. The van der Waals surface area contributed by atoms with Crippen LogP contribution in [0.15, 0.2) is 42.5 Å². The monoisotopic (exact) mass is 857 g/mol. The highest BCUT2D eigenvalue weighted by molar-refractivity contribution is 8.00. The molecule has 0 spiro atoms. The highest BCUT2D eigenvalue weighted by Crippen LogP contribution is 2.68. The Hall–Kier alpha value is -4.96. The van der Waals surface area contributed by atoms with Crippen LogP contribution in [-0.4, -0.2) is 47.6 Å². The average Bonchev–Trinajstić information content (AvgIpc) is 3.65. The lowest BCUT2D eigenvalue weighted by molar-refractivity contribution is -0.142. The molecular formula is C38H30ClF10N7OS. The second kappa shape index (κ2) is 14.4. The molecule has 0 radical (unpaired) electrons. The summed E-state index contributed by atoms with van der Waals surface area (Å²) >= 11 is 7.81. The number of nitrogens with zero attached hydrogens (tertiary/aromatic N) is 5. The fraction of sp³-hybridized carbons (Fsp3) is 0.368. The first kappa shape index (κ1) is 41.2. The summed E-state index contributed by atoms with van der Waals surface area (Å²) in [6.07, 6.45) is -8.74. The molecule has 0 bridgehead atoms. The first-order chi connectivity index (χ1) is 27.0. The van der Waals surface area contributed by atoms with Crippen molar-refractivity contribution in [2.24, 2.45) is 5.92 Å². The summed E-state index contributed by atoms with van der Waals surface area (Å²) < 4.78 is 144. The van der Waals surface area contributed by atoms with Gasteiger partial charge < -0.3 is 11.1 Å². The largest absolute Gasteiger partial charge is 0.435 e. The van der Waals surface area contributed by atoms with Crippen molar-refractivity contribution in [3.05, 3.63) is 93.0 Å². The van der Waals surface area contributed by atoms with Crippen LogP contribution in [0.4, 0.5) is 49.7 Å². The van der Waals surface area contributed by atoms with Crippen LogP contribution in [0.5, 0.6) is 0 Å². The zero-order chi connectivity index (χ0) is 42.3. The van der Waals surface area contributed by atoms with Crippen LogP contribution >= 0.6 is 23.4 Å². The van der Waals surface area contributed by atoms with Gasteiger partial charge >= 0.3 is 12.4 Å². The zero-order valence-electron chi connectivity index (χ0n) is 30.4. The van der Waals surface area contributed by atoms with Gasteiger partial charge in [-0.1, -0.05) is 23.6 Å². The molecule has 1 saturated carbocycles. The molecule has 1 fully saturated rings. The van der Waals surface area contributed by atoms with E-state index in [2.05, 4.69) is 32.3 Å². The number of rotatable bonds is 9. The predicted molar refractivity (Wildman–Crippen MR) is 196 cm³/mol. The molecule has 3 heterocycles. The van der Waals surface area contributed by atoms with Gasteiger partial charge in [-0.3, -0.25) is 14.2 Å².